The van der Waals surface area contributed by atoms with E-state index in [0.29, 0.717) is 17.1 Å². The van der Waals surface area contributed by atoms with Crippen LogP contribution in [0.2, 0.25) is 5.02 Å². The molecule has 0 bridgehead atoms. The quantitative estimate of drug-likeness (QED) is 0.836. The average Bonchev–Trinajstić information content (AvgIpc) is 2.10. The van der Waals surface area contributed by atoms with Crippen LogP contribution < -0.4 is 5.32 Å². The molecule has 0 amide bonds. The molecule has 78 valence electrons. The highest BCUT2D eigenvalue weighted by atomic mass is 35.5. The normalized spacial score (nSPS) is 12.9. The van der Waals surface area contributed by atoms with E-state index in [-0.39, 0.29) is 11.9 Å². The molecule has 0 radical (unpaired) electrons. The number of aromatic nitrogens is 1. The molecule has 1 atom stereocenters. The lowest BCUT2D eigenvalue weighted by Gasteiger charge is -2.11. The molecule has 0 aromatic carbocycles. The lowest BCUT2D eigenvalue weighted by Crippen LogP contribution is -2.28. The molecule has 0 saturated heterocycles. The van der Waals surface area contributed by atoms with Crippen LogP contribution in [0.5, 0.6) is 0 Å². The summed E-state index contributed by atoms with van der Waals surface area (Å²) in [6.07, 6.45) is 2.05. The molecule has 14 heavy (non-hydrogen) atoms. The van der Waals surface area contributed by atoms with E-state index in [4.69, 9.17) is 11.6 Å². The maximum Gasteiger partial charge on any atom is 0.146 e. The van der Waals surface area contributed by atoms with Gasteiger partial charge in [0, 0.05) is 18.7 Å². The minimum atomic E-state index is -0.331. The van der Waals surface area contributed by atoms with Crippen LogP contribution in [0.1, 0.15) is 19.5 Å². The number of rotatable bonds is 4. The highest BCUT2D eigenvalue weighted by Gasteiger charge is 2.08. The van der Waals surface area contributed by atoms with Gasteiger partial charge in [0.2, 0.25) is 0 Å². The number of nitrogens with one attached hydrogen (secondary N) is 1. The molecule has 2 nitrogen and oxygen atoms in total. The van der Waals surface area contributed by atoms with Crippen LogP contribution in [0.3, 0.4) is 0 Å². The summed E-state index contributed by atoms with van der Waals surface area (Å²) in [5.74, 6) is -0.331. The average molecular weight is 217 g/mol. The Balaban J connectivity index is 2.67. The molecular weight excluding hydrogens is 203 g/mol. The Morgan fingerprint density at radius 1 is 1.64 bits per heavy atom. The van der Waals surface area contributed by atoms with Crippen LogP contribution in [0.4, 0.5) is 4.39 Å². The summed E-state index contributed by atoms with van der Waals surface area (Å²) in [5.41, 5.74) is 0.461. The zero-order valence-corrected chi connectivity index (χ0v) is 9.11. The van der Waals surface area contributed by atoms with Crippen molar-refractivity contribution >= 4 is 11.6 Å². The third kappa shape index (κ3) is 3.24. The van der Waals surface area contributed by atoms with Crippen molar-refractivity contribution in [2.45, 2.75) is 26.3 Å². The van der Waals surface area contributed by atoms with Crippen molar-refractivity contribution in [3.63, 3.8) is 0 Å². The fourth-order valence-electron chi connectivity index (χ4n) is 1.30. The Hall–Kier alpha value is -0.670. The van der Waals surface area contributed by atoms with Crippen molar-refractivity contribution in [2.75, 3.05) is 6.54 Å². The van der Waals surface area contributed by atoms with Gasteiger partial charge in [-0.25, -0.2) is 4.39 Å². The van der Waals surface area contributed by atoms with Crippen molar-refractivity contribution in [1.82, 2.24) is 10.3 Å². The van der Waals surface area contributed by atoms with Gasteiger partial charge in [0.25, 0.3) is 0 Å². The first kappa shape index (κ1) is 11.4. The van der Waals surface area contributed by atoms with Crippen molar-refractivity contribution in [3.05, 3.63) is 28.8 Å². The molecule has 1 N–H and O–H groups in total. The van der Waals surface area contributed by atoms with Crippen LogP contribution in [0, 0.1) is 5.82 Å². The number of hydrogen-bond acceptors (Lipinski definition) is 2. The fourth-order valence-corrected chi connectivity index (χ4v) is 1.45. The van der Waals surface area contributed by atoms with E-state index in [0.717, 1.165) is 6.54 Å². The van der Waals surface area contributed by atoms with Gasteiger partial charge < -0.3 is 5.32 Å². The van der Waals surface area contributed by atoms with Crippen LogP contribution in [0.25, 0.3) is 0 Å². The van der Waals surface area contributed by atoms with Crippen molar-refractivity contribution in [3.8, 4) is 0 Å². The molecule has 0 aliphatic carbocycles. The zero-order valence-electron chi connectivity index (χ0n) is 8.35. The second-order valence-corrected chi connectivity index (χ2v) is 3.68. The predicted molar refractivity (Wildman–Crippen MR) is 56.0 cm³/mol. The van der Waals surface area contributed by atoms with Gasteiger partial charge in [-0.2, -0.15) is 0 Å². The minimum absolute atomic E-state index is 0.225. The maximum atomic E-state index is 13.3. The topological polar surface area (TPSA) is 24.9 Å². The second kappa shape index (κ2) is 5.27. The van der Waals surface area contributed by atoms with Gasteiger partial charge >= 0.3 is 0 Å². The van der Waals surface area contributed by atoms with E-state index < -0.39 is 0 Å². The van der Waals surface area contributed by atoms with Gasteiger partial charge in [0.05, 0.1) is 10.7 Å². The number of pyridine rings is 1. The van der Waals surface area contributed by atoms with Gasteiger partial charge in [-0.15, -0.1) is 0 Å². The maximum absolute atomic E-state index is 13.3. The summed E-state index contributed by atoms with van der Waals surface area (Å²) in [4.78, 5) is 3.95. The van der Waals surface area contributed by atoms with Gasteiger partial charge in [0.1, 0.15) is 5.82 Å². The van der Waals surface area contributed by atoms with Crippen molar-refractivity contribution in [2.24, 2.45) is 0 Å². The number of hydrogen-bond donors (Lipinski definition) is 1. The Labute approximate surface area is 88.5 Å². The summed E-state index contributed by atoms with van der Waals surface area (Å²) in [6.45, 7) is 4.89. The molecule has 0 aliphatic heterocycles. The lowest BCUT2D eigenvalue weighted by atomic mass is 10.1. The molecule has 0 saturated carbocycles. The number of likely N-dealkylation sites (N-methyl/N-ethyl adjacent to an activating group) is 1. The summed E-state index contributed by atoms with van der Waals surface area (Å²) in [5, 5.41) is 3.53. The van der Waals surface area contributed by atoms with Crippen LogP contribution in [0.15, 0.2) is 12.3 Å². The van der Waals surface area contributed by atoms with Gasteiger partial charge in [0.15, 0.2) is 0 Å². The molecule has 4 heteroatoms. The largest absolute Gasteiger partial charge is 0.314 e. The summed E-state index contributed by atoms with van der Waals surface area (Å²) in [6, 6.07) is 1.52. The van der Waals surface area contributed by atoms with E-state index in [9.17, 15) is 4.39 Å². The molecule has 0 spiro atoms. The second-order valence-electron chi connectivity index (χ2n) is 3.24. The highest BCUT2D eigenvalue weighted by molar-refractivity contribution is 6.30. The van der Waals surface area contributed by atoms with Gasteiger partial charge in [-0.05, 0) is 19.5 Å². The zero-order chi connectivity index (χ0) is 10.6. The molecule has 1 heterocycles. The smallest absolute Gasteiger partial charge is 0.146 e. The van der Waals surface area contributed by atoms with Gasteiger partial charge in [-0.3, -0.25) is 4.98 Å². The molecule has 0 aliphatic rings. The molecular formula is C10H14ClFN2. The van der Waals surface area contributed by atoms with Crippen LogP contribution >= 0.6 is 11.6 Å². The summed E-state index contributed by atoms with van der Waals surface area (Å²) >= 11 is 5.60. The molecule has 1 aromatic heterocycles. The lowest BCUT2D eigenvalue weighted by molar-refractivity contribution is 0.530. The van der Waals surface area contributed by atoms with Crippen LogP contribution in [-0.2, 0) is 6.42 Å². The van der Waals surface area contributed by atoms with E-state index >= 15 is 0 Å². The molecule has 1 unspecified atom stereocenters. The first-order chi connectivity index (χ1) is 6.63. The third-order valence-electron chi connectivity index (χ3n) is 1.94. The monoisotopic (exact) mass is 216 g/mol. The summed E-state index contributed by atoms with van der Waals surface area (Å²) in [7, 11) is 0. The summed E-state index contributed by atoms with van der Waals surface area (Å²) < 4.78 is 13.3. The minimum Gasteiger partial charge on any atom is -0.314 e. The van der Waals surface area contributed by atoms with E-state index in [1.807, 2.05) is 13.8 Å². The molecule has 0 fully saturated rings. The number of nitrogens with zero attached hydrogens (tertiary/aromatic N) is 1. The van der Waals surface area contributed by atoms with Crippen molar-refractivity contribution in [1.29, 1.82) is 0 Å². The highest BCUT2D eigenvalue weighted by Crippen LogP contribution is 2.12. The first-order valence-electron chi connectivity index (χ1n) is 4.66. The predicted octanol–water partition coefficient (Wildman–Crippen LogP) is 2.41. The Morgan fingerprint density at radius 2 is 2.36 bits per heavy atom. The molecule has 1 aromatic rings. The van der Waals surface area contributed by atoms with Gasteiger partial charge in [-0.1, -0.05) is 18.5 Å². The SMILES string of the molecule is CCNC(C)Cc1ncc(Cl)cc1F. The fraction of sp³-hybridized carbons (Fsp3) is 0.500. The van der Waals surface area contributed by atoms with E-state index in [1.54, 1.807) is 0 Å². The van der Waals surface area contributed by atoms with E-state index in [1.165, 1.54) is 12.3 Å². The van der Waals surface area contributed by atoms with Crippen LogP contribution in [-0.4, -0.2) is 17.6 Å². The first-order valence-corrected chi connectivity index (χ1v) is 5.04. The third-order valence-corrected chi connectivity index (χ3v) is 2.14. The standard InChI is InChI=1S/C10H14ClFN2/c1-3-13-7(2)4-10-9(12)5-8(11)6-14-10/h5-7,13H,3-4H2,1-2H3. The molecule has 1 rings (SSSR count). The number of halogens is 2. The van der Waals surface area contributed by atoms with Crippen molar-refractivity contribution < 1.29 is 4.39 Å². The Kier molecular flexibility index (Phi) is 4.29. The Morgan fingerprint density at radius 3 is 2.93 bits per heavy atom. The Bertz CT molecular complexity index is 304. The van der Waals surface area contributed by atoms with E-state index in [2.05, 4.69) is 10.3 Å².